The van der Waals surface area contributed by atoms with Crippen molar-refractivity contribution in [3.8, 4) is 11.6 Å². The number of fused-ring (bicyclic) bond motifs is 3. The van der Waals surface area contributed by atoms with Crippen molar-refractivity contribution in [3.63, 3.8) is 0 Å². The molecule has 2 aromatic heterocycles. The summed E-state index contributed by atoms with van der Waals surface area (Å²) in [5.74, 6) is 0.960. The Bertz CT molecular complexity index is 1010. The zero-order valence-electron chi connectivity index (χ0n) is 15.7. The monoisotopic (exact) mass is 409 g/mol. The molecule has 2 bridgehead atoms. The summed E-state index contributed by atoms with van der Waals surface area (Å²) in [4.78, 5) is 21.2. The third kappa shape index (κ3) is 3.46. The van der Waals surface area contributed by atoms with E-state index in [9.17, 15) is 4.79 Å². The summed E-state index contributed by atoms with van der Waals surface area (Å²) in [6.07, 6.45) is 7.69. The smallest absolute Gasteiger partial charge is 0.256 e. The minimum atomic E-state index is -0.0740. The van der Waals surface area contributed by atoms with Crippen LogP contribution in [0.25, 0.3) is 5.69 Å². The predicted molar refractivity (Wildman–Crippen MR) is 107 cm³/mol. The standard InChI is InChI=1S/C21H20ClN5O2/c22-15-6-8-20(23-12-15)29-19-11-14-5-7-18(19)26(13-14)21(28)16-3-1-2-4-17(16)27-24-9-10-25-27/h1-4,6,8-10,12,14,18-19H,5,7,11,13H2/t14-,18+,19-/m1/s1. The van der Waals surface area contributed by atoms with E-state index in [0.29, 0.717) is 28.1 Å². The molecule has 3 aliphatic rings. The van der Waals surface area contributed by atoms with Crippen molar-refractivity contribution in [3.05, 3.63) is 65.6 Å². The van der Waals surface area contributed by atoms with Crippen LogP contribution in [0.1, 0.15) is 29.6 Å². The fraction of sp³-hybridized carbons (Fsp3) is 0.333. The number of halogens is 1. The highest BCUT2D eigenvalue weighted by Crippen LogP contribution is 2.38. The Morgan fingerprint density at radius 2 is 1.93 bits per heavy atom. The summed E-state index contributed by atoms with van der Waals surface area (Å²) in [5, 5.41) is 8.96. The fourth-order valence-electron chi connectivity index (χ4n) is 4.40. The van der Waals surface area contributed by atoms with Crippen molar-refractivity contribution in [1.82, 2.24) is 24.9 Å². The number of ether oxygens (including phenoxy) is 1. The molecule has 7 nitrogen and oxygen atoms in total. The lowest BCUT2D eigenvalue weighted by atomic mass is 9.77. The maximum atomic E-state index is 13.5. The van der Waals surface area contributed by atoms with Crippen molar-refractivity contribution >= 4 is 17.5 Å². The first-order valence-corrected chi connectivity index (χ1v) is 10.1. The minimum absolute atomic E-state index is 0.00929. The van der Waals surface area contributed by atoms with Gasteiger partial charge in [-0.05, 0) is 43.4 Å². The van der Waals surface area contributed by atoms with Crippen LogP contribution in [0, 0.1) is 5.92 Å². The normalized spacial score (nSPS) is 23.2. The number of para-hydroxylation sites is 1. The van der Waals surface area contributed by atoms with Crippen LogP contribution in [0.3, 0.4) is 0 Å². The van der Waals surface area contributed by atoms with E-state index in [1.54, 1.807) is 30.7 Å². The highest BCUT2D eigenvalue weighted by molar-refractivity contribution is 6.30. The van der Waals surface area contributed by atoms with Crippen molar-refractivity contribution in [2.45, 2.75) is 31.4 Å². The van der Waals surface area contributed by atoms with Gasteiger partial charge in [0.1, 0.15) is 6.10 Å². The number of rotatable bonds is 4. The number of amides is 1. The van der Waals surface area contributed by atoms with Gasteiger partial charge in [0.05, 0.1) is 34.7 Å². The van der Waals surface area contributed by atoms with Crippen LogP contribution in [0.2, 0.25) is 5.02 Å². The van der Waals surface area contributed by atoms with E-state index < -0.39 is 0 Å². The third-order valence-electron chi connectivity index (χ3n) is 5.72. The molecule has 0 N–H and O–H groups in total. The van der Waals surface area contributed by atoms with E-state index >= 15 is 0 Å². The molecule has 148 valence electrons. The predicted octanol–water partition coefficient (Wildman–Crippen LogP) is 3.39. The summed E-state index contributed by atoms with van der Waals surface area (Å²) in [6.45, 7) is 0.748. The molecule has 3 aromatic rings. The molecule has 1 aromatic carbocycles. The molecule has 1 amide bonds. The van der Waals surface area contributed by atoms with Crippen LogP contribution in [-0.2, 0) is 0 Å². The molecule has 2 aliphatic heterocycles. The Balaban J connectivity index is 1.41. The molecule has 1 saturated carbocycles. The average molecular weight is 410 g/mol. The third-order valence-corrected chi connectivity index (χ3v) is 5.95. The lowest BCUT2D eigenvalue weighted by Crippen LogP contribution is -2.59. The fourth-order valence-corrected chi connectivity index (χ4v) is 4.51. The Morgan fingerprint density at radius 1 is 1.10 bits per heavy atom. The van der Waals surface area contributed by atoms with Crippen LogP contribution in [0.5, 0.6) is 5.88 Å². The van der Waals surface area contributed by atoms with E-state index in [0.717, 1.165) is 25.8 Å². The van der Waals surface area contributed by atoms with Crippen LogP contribution in [0.4, 0.5) is 0 Å². The van der Waals surface area contributed by atoms with Gasteiger partial charge in [0.15, 0.2) is 0 Å². The molecule has 4 heterocycles. The second-order valence-electron chi connectivity index (χ2n) is 7.51. The minimum Gasteiger partial charge on any atom is -0.472 e. The number of pyridine rings is 1. The first-order valence-electron chi connectivity index (χ1n) is 9.74. The van der Waals surface area contributed by atoms with E-state index in [1.165, 1.54) is 4.80 Å². The van der Waals surface area contributed by atoms with Crippen LogP contribution < -0.4 is 4.74 Å². The SMILES string of the molecule is O=C(c1ccccc1-n1nccn1)N1C[C@@H]2CC[C@H]1[C@H](Oc1ccc(Cl)cn1)C2. The van der Waals surface area contributed by atoms with Gasteiger partial charge in [-0.2, -0.15) is 15.0 Å². The Morgan fingerprint density at radius 3 is 2.69 bits per heavy atom. The van der Waals surface area contributed by atoms with Crippen LogP contribution in [0.15, 0.2) is 55.0 Å². The molecule has 0 radical (unpaired) electrons. The molecule has 8 heteroatoms. The summed E-state index contributed by atoms with van der Waals surface area (Å²) >= 11 is 5.92. The summed E-state index contributed by atoms with van der Waals surface area (Å²) in [7, 11) is 0. The van der Waals surface area contributed by atoms with Gasteiger partial charge in [0.25, 0.3) is 5.91 Å². The average Bonchev–Trinajstić information content (AvgIpc) is 3.30. The van der Waals surface area contributed by atoms with Gasteiger partial charge in [-0.3, -0.25) is 4.79 Å². The second kappa shape index (κ2) is 7.48. The molecule has 1 aliphatic carbocycles. The van der Waals surface area contributed by atoms with Crippen molar-refractivity contribution in [1.29, 1.82) is 0 Å². The van der Waals surface area contributed by atoms with Gasteiger partial charge in [-0.15, -0.1) is 0 Å². The summed E-state index contributed by atoms with van der Waals surface area (Å²) in [6, 6.07) is 11.0. The zero-order chi connectivity index (χ0) is 19.8. The molecule has 29 heavy (non-hydrogen) atoms. The maximum Gasteiger partial charge on any atom is 0.256 e. The van der Waals surface area contributed by atoms with E-state index in [-0.39, 0.29) is 18.1 Å². The number of piperidine rings is 2. The Kier molecular flexibility index (Phi) is 4.67. The number of nitrogens with zero attached hydrogens (tertiary/aromatic N) is 5. The van der Waals surface area contributed by atoms with E-state index in [1.807, 2.05) is 29.2 Å². The zero-order valence-corrected chi connectivity index (χ0v) is 16.4. The maximum absolute atomic E-state index is 13.5. The summed E-state index contributed by atoms with van der Waals surface area (Å²) < 4.78 is 6.17. The molecule has 3 fully saturated rings. The number of benzene rings is 1. The van der Waals surface area contributed by atoms with E-state index in [4.69, 9.17) is 16.3 Å². The highest BCUT2D eigenvalue weighted by atomic mass is 35.5. The molecular weight excluding hydrogens is 390 g/mol. The number of hydrogen-bond donors (Lipinski definition) is 0. The Labute approximate surface area is 173 Å². The van der Waals surface area contributed by atoms with Crippen LogP contribution in [-0.4, -0.2) is 49.5 Å². The van der Waals surface area contributed by atoms with Crippen LogP contribution >= 0.6 is 11.6 Å². The lowest BCUT2D eigenvalue weighted by Gasteiger charge is -2.49. The van der Waals surface area contributed by atoms with Gasteiger partial charge in [0, 0.05) is 18.8 Å². The quantitative estimate of drug-likeness (QED) is 0.660. The topological polar surface area (TPSA) is 73.1 Å². The first-order chi connectivity index (χ1) is 14.2. The number of hydrogen-bond acceptors (Lipinski definition) is 5. The van der Waals surface area contributed by atoms with Gasteiger partial charge in [-0.1, -0.05) is 23.7 Å². The summed E-state index contributed by atoms with van der Waals surface area (Å²) in [5.41, 5.74) is 1.28. The lowest BCUT2D eigenvalue weighted by molar-refractivity contribution is -0.0313. The van der Waals surface area contributed by atoms with Crippen molar-refractivity contribution in [2.75, 3.05) is 6.54 Å². The largest absolute Gasteiger partial charge is 0.472 e. The second-order valence-corrected chi connectivity index (χ2v) is 7.95. The van der Waals surface area contributed by atoms with Gasteiger partial charge >= 0.3 is 0 Å². The van der Waals surface area contributed by atoms with E-state index in [2.05, 4.69) is 15.2 Å². The van der Waals surface area contributed by atoms with Crippen molar-refractivity contribution < 1.29 is 9.53 Å². The van der Waals surface area contributed by atoms with Crippen molar-refractivity contribution in [2.24, 2.45) is 5.92 Å². The molecule has 0 unspecified atom stereocenters. The number of carbonyl (C=O) groups is 1. The Hall–Kier alpha value is -2.93. The molecular formula is C21H20ClN5O2. The van der Waals surface area contributed by atoms with Gasteiger partial charge in [-0.25, -0.2) is 4.98 Å². The number of aromatic nitrogens is 4. The molecule has 6 rings (SSSR count). The first kappa shape index (κ1) is 18.1. The number of carbonyl (C=O) groups excluding carboxylic acids is 1. The molecule has 2 saturated heterocycles. The highest BCUT2D eigenvalue weighted by Gasteiger charge is 2.44. The van der Waals surface area contributed by atoms with Gasteiger partial charge < -0.3 is 9.64 Å². The molecule has 3 atom stereocenters. The van der Waals surface area contributed by atoms with Gasteiger partial charge in [0.2, 0.25) is 5.88 Å². The molecule has 0 spiro atoms.